The van der Waals surface area contributed by atoms with E-state index in [1.807, 2.05) is 30.3 Å². The highest BCUT2D eigenvalue weighted by Crippen LogP contribution is 2.41. The van der Waals surface area contributed by atoms with Crippen LogP contribution < -0.4 is 0 Å². The van der Waals surface area contributed by atoms with E-state index in [0.717, 1.165) is 42.3 Å². The maximum atomic E-state index is 10.6. The smallest absolute Gasteiger partial charge is 0.165 e. The largest absolute Gasteiger partial charge is 0.504 e. The first-order chi connectivity index (χ1) is 12.7. The van der Waals surface area contributed by atoms with E-state index in [0.29, 0.717) is 17.0 Å². The van der Waals surface area contributed by atoms with Gasteiger partial charge in [-0.15, -0.1) is 0 Å². The van der Waals surface area contributed by atoms with Crippen LogP contribution in [0.15, 0.2) is 30.3 Å². The van der Waals surface area contributed by atoms with Gasteiger partial charge >= 0.3 is 0 Å². The minimum atomic E-state index is -0.0799. The van der Waals surface area contributed by atoms with E-state index in [2.05, 4.69) is 29.3 Å². The first-order valence-corrected chi connectivity index (χ1v) is 9.49. The van der Waals surface area contributed by atoms with Crippen molar-refractivity contribution in [2.24, 2.45) is 5.92 Å². The van der Waals surface area contributed by atoms with Crippen LogP contribution in [0.4, 0.5) is 0 Å². The summed E-state index contributed by atoms with van der Waals surface area (Å²) >= 11 is 0. The van der Waals surface area contributed by atoms with Crippen LogP contribution in [0.3, 0.4) is 0 Å². The van der Waals surface area contributed by atoms with Crippen molar-refractivity contribution in [3.63, 3.8) is 0 Å². The highest BCUT2D eigenvalue weighted by Gasteiger charge is 2.18. The van der Waals surface area contributed by atoms with Gasteiger partial charge in [0, 0.05) is 11.1 Å². The molecule has 0 fully saturated rings. The van der Waals surface area contributed by atoms with Crippen molar-refractivity contribution < 1.29 is 10.2 Å². The van der Waals surface area contributed by atoms with Crippen LogP contribution in [0.2, 0.25) is 0 Å². The Kier molecular flexibility index (Phi) is 5.76. The van der Waals surface area contributed by atoms with Gasteiger partial charge in [0.25, 0.3) is 0 Å². The molecule has 3 aromatic rings. The zero-order chi connectivity index (χ0) is 18.5. The number of nitrogens with zero attached hydrogens (tertiary/aromatic N) is 2. The number of aromatic hydroxyl groups is 2. The number of H-pyrrole nitrogens is 1. The minimum Gasteiger partial charge on any atom is -0.504 e. The number of unbranched alkanes of at least 4 members (excludes halogenated alkanes) is 1. The third kappa shape index (κ3) is 3.66. The molecule has 0 bridgehead atoms. The van der Waals surface area contributed by atoms with Gasteiger partial charge < -0.3 is 10.2 Å². The Labute approximate surface area is 154 Å². The lowest BCUT2D eigenvalue weighted by Gasteiger charge is -2.18. The maximum Gasteiger partial charge on any atom is 0.165 e. The summed E-state index contributed by atoms with van der Waals surface area (Å²) in [5, 5.41) is 32.1. The second kappa shape index (κ2) is 8.21. The monoisotopic (exact) mass is 353 g/mol. The van der Waals surface area contributed by atoms with E-state index in [4.69, 9.17) is 0 Å². The molecular formula is C21H27N3O2. The van der Waals surface area contributed by atoms with Gasteiger partial charge in [0.1, 0.15) is 11.0 Å². The topological polar surface area (TPSA) is 82.0 Å². The van der Waals surface area contributed by atoms with Gasteiger partial charge in [0.05, 0.1) is 0 Å². The zero-order valence-electron chi connectivity index (χ0n) is 15.5. The second-order valence-electron chi connectivity index (χ2n) is 6.97. The predicted octanol–water partition coefficient (Wildman–Crippen LogP) is 5.19. The fourth-order valence-electron chi connectivity index (χ4n) is 3.65. The van der Waals surface area contributed by atoms with Crippen molar-refractivity contribution in [3.8, 4) is 22.6 Å². The lowest BCUT2D eigenvalue weighted by atomic mass is 9.89. The molecular weight excluding hydrogens is 326 g/mol. The molecule has 0 amide bonds. The summed E-state index contributed by atoms with van der Waals surface area (Å²) in [4.78, 5) is 0. The number of phenolic OH excluding ortho intramolecular Hbond substituents is 2. The molecule has 3 N–H and O–H groups in total. The van der Waals surface area contributed by atoms with Crippen LogP contribution in [0, 0.1) is 5.92 Å². The summed E-state index contributed by atoms with van der Waals surface area (Å²) in [5.41, 5.74) is 3.56. The number of para-hydroxylation sites is 1. The predicted molar refractivity (Wildman–Crippen MR) is 104 cm³/mol. The van der Waals surface area contributed by atoms with E-state index in [1.165, 1.54) is 12.8 Å². The number of benzene rings is 2. The molecule has 1 unspecified atom stereocenters. The summed E-state index contributed by atoms with van der Waals surface area (Å²) in [6, 6.07) is 9.40. The minimum absolute atomic E-state index is 0.0133. The third-order valence-corrected chi connectivity index (χ3v) is 5.04. The van der Waals surface area contributed by atoms with Gasteiger partial charge in [-0.3, -0.25) is 0 Å². The Hall–Kier alpha value is -2.56. The normalized spacial score (nSPS) is 12.5. The molecule has 0 spiro atoms. The van der Waals surface area contributed by atoms with Crippen molar-refractivity contribution >= 4 is 11.0 Å². The van der Waals surface area contributed by atoms with Gasteiger partial charge in [-0.2, -0.15) is 15.4 Å². The standard InChI is InChI=1S/C21H27N3O2/c1-3-5-8-14(7-4-2)13-15-11-12-17(21(26)20(15)25)16-9-6-10-18-19(16)23-24-22-18/h6,9-12,14,25-26H,3-5,7-8,13H2,1-2H3,(H,22,23,24). The molecule has 0 aliphatic rings. The van der Waals surface area contributed by atoms with Crippen molar-refractivity contribution in [1.29, 1.82) is 0 Å². The molecule has 1 atom stereocenters. The fourth-order valence-corrected chi connectivity index (χ4v) is 3.65. The number of hydrogen-bond donors (Lipinski definition) is 3. The first kappa shape index (κ1) is 18.2. The molecule has 0 saturated carbocycles. The summed E-state index contributed by atoms with van der Waals surface area (Å²) in [6.07, 6.45) is 6.60. The first-order valence-electron chi connectivity index (χ1n) is 9.49. The van der Waals surface area contributed by atoms with Gasteiger partial charge in [0.2, 0.25) is 0 Å². The van der Waals surface area contributed by atoms with Crippen LogP contribution in [0.25, 0.3) is 22.2 Å². The third-order valence-electron chi connectivity index (χ3n) is 5.04. The van der Waals surface area contributed by atoms with Crippen molar-refractivity contribution in [2.75, 3.05) is 0 Å². The highest BCUT2D eigenvalue weighted by molar-refractivity contribution is 5.93. The lowest BCUT2D eigenvalue weighted by molar-refractivity contribution is 0.385. The van der Waals surface area contributed by atoms with Crippen molar-refractivity contribution in [2.45, 2.75) is 52.4 Å². The van der Waals surface area contributed by atoms with Crippen molar-refractivity contribution in [1.82, 2.24) is 15.4 Å². The zero-order valence-corrected chi connectivity index (χ0v) is 15.5. The van der Waals surface area contributed by atoms with Crippen LogP contribution in [0.5, 0.6) is 11.5 Å². The number of aromatic nitrogens is 3. The molecule has 2 aromatic carbocycles. The van der Waals surface area contributed by atoms with E-state index >= 15 is 0 Å². The summed E-state index contributed by atoms with van der Waals surface area (Å²) in [6.45, 7) is 4.39. The number of nitrogens with one attached hydrogen (secondary N) is 1. The molecule has 5 heteroatoms. The van der Waals surface area contributed by atoms with E-state index in [9.17, 15) is 10.2 Å². The van der Waals surface area contributed by atoms with Gasteiger partial charge in [0.15, 0.2) is 11.5 Å². The molecule has 0 saturated heterocycles. The molecule has 26 heavy (non-hydrogen) atoms. The van der Waals surface area contributed by atoms with E-state index < -0.39 is 0 Å². The second-order valence-corrected chi connectivity index (χ2v) is 6.97. The average Bonchev–Trinajstić information content (AvgIpc) is 3.13. The van der Waals surface area contributed by atoms with E-state index in [-0.39, 0.29) is 11.5 Å². The Morgan fingerprint density at radius 3 is 2.54 bits per heavy atom. The van der Waals surface area contributed by atoms with E-state index in [1.54, 1.807) is 0 Å². The van der Waals surface area contributed by atoms with Crippen LogP contribution in [-0.4, -0.2) is 25.6 Å². The number of aromatic amines is 1. The van der Waals surface area contributed by atoms with Gasteiger partial charge in [-0.25, -0.2) is 0 Å². The highest BCUT2D eigenvalue weighted by atomic mass is 16.3. The lowest BCUT2D eigenvalue weighted by Crippen LogP contribution is -2.05. The van der Waals surface area contributed by atoms with Crippen molar-refractivity contribution in [3.05, 3.63) is 35.9 Å². The Morgan fingerprint density at radius 2 is 1.77 bits per heavy atom. The molecule has 1 heterocycles. The van der Waals surface area contributed by atoms with Crippen LogP contribution >= 0.6 is 0 Å². The average molecular weight is 353 g/mol. The van der Waals surface area contributed by atoms with Gasteiger partial charge in [-0.05, 0) is 24.0 Å². The SMILES string of the molecule is CCCCC(CCC)Cc1ccc(-c2cccc3n[nH]nc23)c(O)c1O. The quantitative estimate of drug-likeness (QED) is 0.487. The summed E-state index contributed by atoms with van der Waals surface area (Å²) in [7, 11) is 0. The Bertz CT molecular complexity index is 873. The fraction of sp³-hybridized carbons (Fsp3) is 0.429. The molecule has 138 valence electrons. The summed E-state index contributed by atoms with van der Waals surface area (Å²) in [5.74, 6) is 0.444. The number of phenols is 2. The number of rotatable bonds is 8. The molecule has 1 aromatic heterocycles. The van der Waals surface area contributed by atoms with Gasteiger partial charge in [-0.1, -0.05) is 70.2 Å². The molecule has 0 aliphatic carbocycles. The Balaban J connectivity index is 1.92. The summed E-state index contributed by atoms with van der Waals surface area (Å²) < 4.78 is 0. The number of hydrogen-bond acceptors (Lipinski definition) is 4. The molecule has 3 rings (SSSR count). The number of fused-ring (bicyclic) bond motifs is 1. The van der Waals surface area contributed by atoms with Crippen LogP contribution in [-0.2, 0) is 6.42 Å². The molecule has 5 nitrogen and oxygen atoms in total. The maximum absolute atomic E-state index is 10.6. The Morgan fingerprint density at radius 1 is 0.923 bits per heavy atom. The molecule has 0 radical (unpaired) electrons. The van der Waals surface area contributed by atoms with Crippen LogP contribution in [0.1, 0.15) is 51.5 Å². The molecule has 0 aliphatic heterocycles.